The van der Waals surface area contributed by atoms with Gasteiger partial charge < -0.3 is 14.9 Å². The maximum atomic E-state index is 12.6. The van der Waals surface area contributed by atoms with Crippen LogP contribution < -0.4 is 4.90 Å². The number of carbonyl (C=O) groups is 2. The van der Waals surface area contributed by atoms with Gasteiger partial charge in [-0.05, 0) is 37.3 Å². The monoisotopic (exact) mass is 349 g/mol. The third-order valence-corrected chi connectivity index (χ3v) is 4.57. The van der Waals surface area contributed by atoms with E-state index in [1.54, 1.807) is 41.3 Å². The van der Waals surface area contributed by atoms with Crippen LogP contribution in [0.15, 0.2) is 42.5 Å². The second-order valence-corrected chi connectivity index (χ2v) is 6.20. The average Bonchev–Trinajstić information content (AvgIpc) is 2.67. The zero-order chi connectivity index (χ0) is 18.7. The molecular formula is C20H19N3O3. The molecule has 2 aromatic carbocycles. The molecule has 1 amide bonds. The van der Waals surface area contributed by atoms with Gasteiger partial charge in [0.15, 0.2) is 5.78 Å². The Bertz CT molecular complexity index is 893. The molecule has 3 rings (SSSR count). The molecule has 0 aliphatic carbocycles. The summed E-state index contributed by atoms with van der Waals surface area (Å²) in [5.74, 6) is -0.286. The van der Waals surface area contributed by atoms with E-state index in [1.807, 2.05) is 4.90 Å². The number of phenolic OH excluding ortho intramolecular Hbond substituents is 1. The molecule has 1 aliphatic rings. The van der Waals surface area contributed by atoms with E-state index in [0.29, 0.717) is 37.3 Å². The lowest BCUT2D eigenvalue weighted by Crippen LogP contribution is -2.49. The predicted molar refractivity (Wildman–Crippen MR) is 97.4 cm³/mol. The van der Waals surface area contributed by atoms with Crippen LogP contribution in [-0.4, -0.2) is 47.9 Å². The van der Waals surface area contributed by atoms with Gasteiger partial charge in [-0.2, -0.15) is 5.26 Å². The van der Waals surface area contributed by atoms with Gasteiger partial charge in [-0.3, -0.25) is 9.59 Å². The molecule has 0 unspecified atom stereocenters. The third-order valence-electron chi connectivity index (χ3n) is 4.57. The minimum absolute atomic E-state index is 0.0270. The fraction of sp³-hybridized carbons (Fsp3) is 0.250. The van der Waals surface area contributed by atoms with Crippen LogP contribution in [0.5, 0.6) is 5.75 Å². The minimum Gasteiger partial charge on any atom is -0.507 e. The van der Waals surface area contributed by atoms with Crippen molar-refractivity contribution in [2.45, 2.75) is 6.92 Å². The van der Waals surface area contributed by atoms with Gasteiger partial charge >= 0.3 is 0 Å². The van der Waals surface area contributed by atoms with Crippen molar-refractivity contribution in [3.05, 3.63) is 59.2 Å². The summed E-state index contributed by atoms with van der Waals surface area (Å²) in [5, 5.41) is 19.2. The number of phenols is 1. The average molecular weight is 349 g/mol. The number of aromatic hydroxyl groups is 1. The number of hydrogen-bond acceptors (Lipinski definition) is 5. The van der Waals surface area contributed by atoms with E-state index >= 15 is 0 Å². The number of Topliss-reactive ketones (excluding diaryl/α,β-unsaturated/α-hetero) is 1. The maximum absolute atomic E-state index is 12.6. The fourth-order valence-electron chi connectivity index (χ4n) is 3.08. The van der Waals surface area contributed by atoms with E-state index in [0.717, 1.165) is 5.69 Å². The second kappa shape index (κ2) is 7.28. The summed E-state index contributed by atoms with van der Waals surface area (Å²) in [6.45, 7) is 3.55. The minimum atomic E-state index is -0.208. The second-order valence-electron chi connectivity index (χ2n) is 6.20. The largest absolute Gasteiger partial charge is 0.507 e. The Morgan fingerprint density at radius 2 is 1.77 bits per heavy atom. The summed E-state index contributed by atoms with van der Waals surface area (Å²) in [4.78, 5) is 27.9. The summed E-state index contributed by atoms with van der Waals surface area (Å²) < 4.78 is 0. The molecule has 1 fully saturated rings. The first-order valence-corrected chi connectivity index (χ1v) is 8.38. The molecule has 0 spiro atoms. The Balaban J connectivity index is 1.76. The Morgan fingerprint density at radius 1 is 1.08 bits per heavy atom. The summed E-state index contributed by atoms with van der Waals surface area (Å²) in [7, 11) is 0. The highest BCUT2D eigenvalue weighted by molar-refractivity contribution is 5.97. The smallest absolute Gasteiger partial charge is 0.257 e. The summed E-state index contributed by atoms with van der Waals surface area (Å²) in [6, 6.07) is 13.7. The van der Waals surface area contributed by atoms with Crippen LogP contribution in [-0.2, 0) is 0 Å². The quantitative estimate of drug-likeness (QED) is 0.860. The lowest BCUT2D eigenvalue weighted by atomic mass is 10.1. The number of benzene rings is 2. The number of ketones is 1. The van der Waals surface area contributed by atoms with Gasteiger partial charge in [0.1, 0.15) is 11.8 Å². The molecule has 1 heterocycles. The Hall–Kier alpha value is -3.33. The predicted octanol–water partition coefficient (Wildman–Crippen LogP) is 2.43. The van der Waals surface area contributed by atoms with Crippen LogP contribution in [0.1, 0.15) is 33.2 Å². The lowest BCUT2D eigenvalue weighted by molar-refractivity contribution is 0.0743. The van der Waals surface area contributed by atoms with Gasteiger partial charge in [0, 0.05) is 31.7 Å². The molecule has 0 saturated carbocycles. The zero-order valence-corrected chi connectivity index (χ0v) is 14.5. The van der Waals surface area contributed by atoms with E-state index in [1.165, 1.54) is 13.0 Å². The number of piperazine rings is 1. The van der Waals surface area contributed by atoms with E-state index in [-0.39, 0.29) is 23.0 Å². The molecule has 2 aromatic rings. The number of para-hydroxylation sites is 1. The standard InChI is InChI=1S/C20H19N3O3/c1-14(24)15-6-7-16(13-21)18(12-15)22-8-10-23(11-9-22)20(26)17-4-2-3-5-19(17)25/h2-7,12,25H,8-11H2,1H3. The van der Waals surface area contributed by atoms with Crippen molar-refractivity contribution in [1.82, 2.24) is 4.90 Å². The number of anilines is 1. The highest BCUT2D eigenvalue weighted by atomic mass is 16.3. The van der Waals surface area contributed by atoms with Crippen molar-refractivity contribution in [2.75, 3.05) is 31.1 Å². The topological polar surface area (TPSA) is 84.6 Å². The first-order valence-electron chi connectivity index (χ1n) is 8.38. The van der Waals surface area contributed by atoms with Crippen molar-refractivity contribution in [3.63, 3.8) is 0 Å². The Morgan fingerprint density at radius 3 is 2.38 bits per heavy atom. The van der Waals surface area contributed by atoms with Gasteiger partial charge in [0.2, 0.25) is 0 Å². The highest BCUT2D eigenvalue weighted by Gasteiger charge is 2.25. The number of rotatable bonds is 3. The summed E-state index contributed by atoms with van der Waals surface area (Å²) in [6.07, 6.45) is 0. The Labute approximate surface area is 151 Å². The number of carbonyl (C=O) groups excluding carboxylic acids is 2. The molecular weight excluding hydrogens is 330 g/mol. The van der Waals surface area contributed by atoms with E-state index in [9.17, 15) is 20.0 Å². The Kier molecular flexibility index (Phi) is 4.90. The molecule has 132 valence electrons. The molecule has 26 heavy (non-hydrogen) atoms. The van der Waals surface area contributed by atoms with Crippen LogP contribution >= 0.6 is 0 Å². The molecule has 6 heteroatoms. The van der Waals surface area contributed by atoms with Crippen molar-refractivity contribution in [1.29, 1.82) is 5.26 Å². The number of nitrogens with zero attached hydrogens (tertiary/aromatic N) is 3. The van der Waals surface area contributed by atoms with Gasteiger partial charge in [0.05, 0.1) is 16.8 Å². The molecule has 0 aromatic heterocycles. The molecule has 0 radical (unpaired) electrons. The first-order chi connectivity index (χ1) is 12.5. The molecule has 1 saturated heterocycles. The maximum Gasteiger partial charge on any atom is 0.257 e. The normalized spacial score (nSPS) is 14.0. The fourth-order valence-corrected chi connectivity index (χ4v) is 3.08. The van der Waals surface area contributed by atoms with Crippen molar-refractivity contribution in [3.8, 4) is 11.8 Å². The number of amides is 1. The van der Waals surface area contributed by atoms with Crippen molar-refractivity contribution in [2.24, 2.45) is 0 Å². The van der Waals surface area contributed by atoms with Gasteiger partial charge in [-0.15, -0.1) is 0 Å². The molecule has 0 atom stereocenters. The van der Waals surface area contributed by atoms with E-state index in [2.05, 4.69) is 6.07 Å². The van der Waals surface area contributed by atoms with Gasteiger partial charge in [-0.25, -0.2) is 0 Å². The summed E-state index contributed by atoms with van der Waals surface area (Å²) in [5.41, 5.74) is 2.08. The van der Waals surface area contributed by atoms with Crippen molar-refractivity contribution >= 4 is 17.4 Å². The summed E-state index contributed by atoms with van der Waals surface area (Å²) >= 11 is 0. The first kappa shape index (κ1) is 17.5. The number of hydrogen-bond donors (Lipinski definition) is 1. The molecule has 0 bridgehead atoms. The van der Waals surface area contributed by atoms with Crippen LogP contribution in [0.3, 0.4) is 0 Å². The molecule has 6 nitrogen and oxygen atoms in total. The van der Waals surface area contributed by atoms with Crippen LogP contribution in [0.4, 0.5) is 5.69 Å². The van der Waals surface area contributed by atoms with Crippen LogP contribution in [0.2, 0.25) is 0 Å². The zero-order valence-electron chi connectivity index (χ0n) is 14.5. The van der Waals surface area contributed by atoms with Crippen LogP contribution in [0.25, 0.3) is 0 Å². The molecule has 1 N–H and O–H groups in total. The van der Waals surface area contributed by atoms with Crippen molar-refractivity contribution < 1.29 is 14.7 Å². The van der Waals surface area contributed by atoms with E-state index in [4.69, 9.17) is 0 Å². The third kappa shape index (κ3) is 3.38. The highest BCUT2D eigenvalue weighted by Crippen LogP contribution is 2.25. The lowest BCUT2D eigenvalue weighted by Gasteiger charge is -2.36. The van der Waals surface area contributed by atoms with Gasteiger partial charge in [0.25, 0.3) is 5.91 Å². The number of nitriles is 1. The van der Waals surface area contributed by atoms with Gasteiger partial charge in [-0.1, -0.05) is 12.1 Å². The van der Waals surface area contributed by atoms with Crippen LogP contribution in [0, 0.1) is 11.3 Å². The van der Waals surface area contributed by atoms with E-state index < -0.39 is 0 Å². The SMILES string of the molecule is CC(=O)c1ccc(C#N)c(N2CCN(C(=O)c3ccccc3O)CC2)c1. The molecule has 1 aliphatic heterocycles.